The van der Waals surface area contributed by atoms with E-state index in [9.17, 15) is 43.5 Å². The van der Waals surface area contributed by atoms with Gasteiger partial charge in [0.05, 0.1) is 24.7 Å². The van der Waals surface area contributed by atoms with Crippen molar-refractivity contribution in [3.05, 3.63) is 12.2 Å². The normalized spacial score (nSPS) is 27.9. The zero-order valence-electron chi connectivity index (χ0n) is 56.7. The molecule has 1 heterocycles. The highest BCUT2D eigenvalue weighted by Crippen LogP contribution is 2.26. The monoisotopic (exact) mass is 1200 g/mol. The largest absolute Gasteiger partial charge is 0.391 e. The predicted octanol–water partition coefficient (Wildman–Crippen LogP) is 4.13. The quantitative estimate of drug-likeness (QED) is 0.145. The molecule has 1 aliphatic heterocycles. The molecule has 10 amide bonds. The van der Waals surface area contributed by atoms with Gasteiger partial charge in [-0.2, -0.15) is 0 Å². The third-order valence-corrected chi connectivity index (χ3v) is 16.5. The van der Waals surface area contributed by atoms with Crippen LogP contribution in [0.15, 0.2) is 12.2 Å². The van der Waals surface area contributed by atoms with Crippen LogP contribution in [0.5, 0.6) is 0 Å². The van der Waals surface area contributed by atoms with E-state index in [2.05, 4.69) is 21.3 Å². The Labute approximate surface area is 511 Å². The fraction of sp³-hybridized carbons (Fsp3) is 0.810. The molecule has 0 aliphatic carbocycles. The SMILES string of the molecule is C/C=C/C[C@@H](C)[C@@H](O)[C@H]1C(C)N[C@@H](CC)C(=O)N(C)CC(=O)N(C)[C@@H](CC(C)C)C(=O)N[C@@H](C(C)C)C(=O)N(C)[C@@H](CC(C)C)C(=O)N[C@@H](C)C(=O)N[C@H](C)C(=O)N(C)[C@@H](CC(C)C)C(=O)N(C)[C@@H](CC(C)C)C(=O)N(C)[C@@H](C(C)C)C(=O)N1C. The molecule has 488 valence electrons. The van der Waals surface area contributed by atoms with Crippen LogP contribution in [0.25, 0.3) is 0 Å². The van der Waals surface area contributed by atoms with Crippen LogP contribution in [0.1, 0.15) is 163 Å². The van der Waals surface area contributed by atoms with Crippen LogP contribution in [0.4, 0.5) is 0 Å². The molecule has 13 atom stereocenters. The van der Waals surface area contributed by atoms with E-state index in [0.717, 1.165) is 0 Å². The van der Waals surface area contributed by atoms with Gasteiger partial charge in [0.25, 0.3) is 0 Å². The van der Waals surface area contributed by atoms with Crippen molar-refractivity contribution in [2.75, 3.05) is 55.9 Å². The molecule has 1 saturated heterocycles. The van der Waals surface area contributed by atoms with E-state index in [1.165, 1.54) is 90.4 Å². The number of hydrogen-bond donors (Lipinski definition) is 5. The molecule has 0 aromatic carbocycles. The van der Waals surface area contributed by atoms with Crippen LogP contribution >= 0.6 is 0 Å². The van der Waals surface area contributed by atoms with E-state index in [0.29, 0.717) is 6.42 Å². The van der Waals surface area contributed by atoms with Gasteiger partial charge in [-0.25, -0.2) is 0 Å². The molecule has 0 radical (unpaired) electrons. The third-order valence-electron chi connectivity index (χ3n) is 16.5. The first-order chi connectivity index (χ1) is 39.2. The molecule has 22 nitrogen and oxygen atoms in total. The number of rotatable bonds is 15. The lowest BCUT2D eigenvalue weighted by atomic mass is 9.88. The molecule has 1 aliphatic rings. The van der Waals surface area contributed by atoms with E-state index in [4.69, 9.17) is 0 Å². The molecule has 1 rings (SSSR count). The van der Waals surface area contributed by atoms with Gasteiger partial charge in [0, 0.05) is 55.4 Å². The number of aliphatic hydroxyl groups is 1. The van der Waals surface area contributed by atoms with E-state index in [1.807, 2.05) is 95.2 Å². The second-order valence-electron chi connectivity index (χ2n) is 26.6. The van der Waals surface area contributed by atoms with Crippen molar-refractivity contribution >= 4 is 59.1 Å². The molecule has 0 spiro atoms. The number of hydrogen-bond acceptors (Lipinski definition) is 12. The smallest absolute Gasteiger partial charge is 0.245 e. The van der Waals surface area contributed by atoms with Gasteiger partial charge in [-0.1, -0.05) is 109 Å². The van der Waals surface area contributed by atoms with Gasteiger partial charge in [-0.05, 0) is 108 Å². The Morgan fingerprint density at radius 2 is 0.918 bits per heavy atom. The van der Waals surface area contributed by atoms with E-state index >= 15 is 9.59 Å². The highest BCUT2D eigenvalue weighted by molar-refractivity contribution is 5.98. The Balaban J connectivity index is 4.32. The van der Waals surface area contributed by atoms with Crippen molar-refractivity contribution in [3.63, 3.8) is 0 Å². The van der Waals surface area contributed by atoms with Crippen LogP contribution in [-0.2, 0) is 47.9 Å². The van der Waals surface area contributed by atoms with Crippen LogP contribution in [0.2, 0.25) is 0 Å². The van der Waals surface area contributed by atoms with E-state index < -0.39 is 150 Å². The van der Waals surface area contributed by atoms with Crippen molar-refractivity contribution < 1.29 is 53.1 Å². The number of aliphatic hydroxyl groups excluding tert-OH is 1. The van der Waals surface area contributed by atoms with Crippen molar-refractivity contribution in [3.8, 4) is 0 Å². The maximum absolute atomic E-state index is 15.3. The van der Waals surface area contributed by atoms with Gasteiger partial charge >= 0.3 is 0 Å². The summed E-state index contributed by atoms with van der Waals surface area (Å²) in [5.74, 6) is -7.55. The average molecular weight is 1200 g/mol. The topological polar surface area (TPSA) is 262 Å². The van der Waals surface area contributed by atoms with Gasteiger partial charge < -0.3 is 60.7 Å². The summed E-state index contributed by atoms with van der Waals surface area (Å²) in [5.41, 5.74) is 0. The molecule has 5 N–H and O–H groups in total. The number of likely N-dealkylation sites (N-methyl/N-ethyl adjacent to an activating group) is 7. The lowest BCUT2D eigenvalue weighted by Gasteiger charge is -2.44. The minimum atomic E-state index is -1.21. The van der Waals surface area contributed by atoms with Crippen LogP contribution in [0, 0.1) is 41.4 Å². The Kier molecular flexibility index (Phi) is 32.1. The fourth-order valence-electron chi connectivity index (χ4n) is 11.2. The molecule has 1 fully saturated rings. The summed E-state index contributed by atoms with van der Waals surface area (Å²) >= 11 is 0. The summed E-state index contributed by atoms with van der Waals surface area (Å²) in [5, 5.41) is 24.0. The van der Waals surface area contributed by atoms with Gasteiger partial charge in [-0.3, -0.25) is 47.9 Å². The van der Waals surface area contributed by atoms with Crippen LogP contribution < -0.4 is 21.3 Å². The first kappa shape index (κ1) is 77.4. The summed E-state index contributed by atoms with van der Waals surface area (Å²) in [6.07, 6.45) is 4.11. The lowest BCUT2D eigenvalue weighted by Crippen LogP contribution is -2.64. The second-order valence-corrected chi connectivity index (χ2v) is 26.6. The Bertz CT molecular complexity index is 2270. The molecule has 0 aromatic heterocycles. The van der Waals surface area contributed by atoms with Crippen molar-refractivity contribution in [1.29, 1.82) is 0 Å². The molecule has 1 unspecified atom stereocenters. The minimum Gasteiger partial charge on any atom is -0.391 e. The second kappa shape index (κ2) is 35.2. The van der Waals surface area contributed by atoms with Crippen LogP contribution in [-0.4, -0.2) is 227 Å². The maximum Gasteiger partial charge on any atom is 0.245 e. The fourth-order valence-corrected chi connectivity index (χ4v) is 11.2. The molecule has 22 heteroatoms. The zero-order valence-corrected chi connectivity index (χ0v) is 56.7. The maximum atomic E-state index is 15.3. The predicted molar refractivity (Wildman–Crippen MR) is 333 cm³/mol. The van der Waals surface area contributed by atoms with Gasteiger partial charge in [0.15, 0.2) is 0 Å². The standard InChI is InChI=1S/C63H115N11O11/c1-26-28-29-41(15)54(76)53-42(16)64-45(27-2)59(81)68(19)34-50(75)69(20)46(30-35(3)4)57(79)67-51(39(11)12)62(84)70(21)47(31-36(5)6)56(78)65-43(17)55(77)66-44(18)58(80)71(22)48(32-37(7)8)60(82)72(23)49(33-38(9)10)61(83)73(24)52(40(13)14)63(85)74(53)25/h26,28,35-49,51-54,64,76H,27,29-34H2,1-25H3,(H,65,78)(H,66,77)(H,67,79)/b28-26+/t41-,42?,43+,44-,45+,46+,47+,48+,49+,51+,52+,53-,54-/m1/s1. The highest BCUT2D eigenvalue weighted by Gasteiger charge is 2.45. The summed E-state index contributed by atoms with van der Waals surface area (Å²) in [6.45, 7) is 32.1. The van der Waals surface area contributed by atoms with Crippen molar-refractivity contribution in [1.82, 2.24) is 55.6 Å². The molecule has 0 saturated carbocycles. The first-order valence-corrected chi connectivity index (χ1v) is 31.0. The van der Waals surface area contributed by atoms with Crippen LogP contribution in [0.3, 0.4) is 0 Å². The molecular weight excluding hydrogens is 1090 g/mol. The summed E-state index contributed by atoms with van der Waals surface area (Å²) in [7, 11) is 10.5. The lowest BCUT2D eigenvalue weighted by molar-refractivity contribution is -0.156. The van der Waals surface area contributed by atoms with Gasteiger partial charge in [0.2, 0.25) is 59.1 Å². The van der Waals surface area contributed by atoms with E-state index in [1.54, 1.807) is 34.7 Å². The number of amides is 10. The number of carbonyl (C=O) groups excluding carboxylic acids is 10. The molecular formula is C63H115N11O11. The van der Waals surface area contributed by atoms with E-state index in [-0.39, 0.29) is 61.7 Å². The average Bonchev–Trinajstić information content (AvgIpc) is 3.62. The van der Waals surface area contributed by atoms with Gasteiger partial charge in [0.1, 0.15) is 48.3 Å². The summed E-state index contributed by atoms with van der Waals surface area (Å²) < 4.78 is 0. The Morgan fingerprint density at radius 1 is 0.494 bits per heavy atom. The molecule has 0 bridgehead atoms. The number of allylic oxidation sites excluding steroid dienone is 2. The number of carbonyl (C=O) groups is 10. The molecule has 85 heavy (non-hydrogen) atoms. The zero-order chi connectivity index (χ0) is 66.0. The summed E-state index contributed by atoms with van der Waals surface area (Å²) in [4.78, 5) is 155. The summed E-state index contributed by atoms with van der Waals surface area (Å²) in [6, 6.07) is -11.7. The third kappa shape index (κ3) is 21.9. The van der Waals surface area contributed by atoms with Crippen molar-refractivity contribution in [2.24, 2.45) is 41.4 Å². The first-order valence-electron chi connectivity index (χ1n) is 31.0. The Morgan fingerprint density at radius 3 is 1.36 bits per heavy atom. The van der Waals surface area contributed by atoms with Crippen molar-refractivity contribution in [2.45, 2.75) is 236 Å². The Hall–Kier alpha value is -5.64. The number of nitrogens with zero attached hydrogens (tertiary/aromatic N) is 7. The highest BCUT2D eigenvalue weighted by atomic mass is 16.3. The number of nitrogens with one attached hydrogen (secondary N) is 4. The molecule has 0 aromatic rings. The minimum absolute atomic E-state index is 0.0989. The van der Waals surface area contributed by atoms with Gasteiger partial charge in [-0.15, -0.1) is 0 Å².